The zero-order valence-corrected chi connectivity index (χ0v) is 12.2. The van der Waals surface area contributed by atoms with Gasteiger partial charge in [-0.1, -0.05) is 6.42 Å². The van der Waals surface area contributed by atoms with Gasteiger partial charge in [-0.05, 0) is 39.0 Å². The first-order chi connectivity index (χ1) is 9.52. The van der Waals surface area contributed by atoms with Gasteiger partial charge >= 0.3 is 0 Å². The van der Waals surface area contributed by atoms with Crippen molar-refractivity contribution in [3.05, 3.63) is 11.4 Å². The van der Waals surface area contributed by atoms with Crippen molar-refractivity contribution < 1.29 is 9.90 Å². The summed E-state index contributed by atoms with van der Waals surface area (Å²) in [6.07, 6.45) is 3.49. The maximum absolute atomic E-state index is 12.3. The molecule has 1 aliphatic carbocycles. The summed E-state index contributed by atoms with van der Waals surface area (Å²) in [5, 5.41) is 16.8. The standard InChI is InChI=1S/C14H24N4O2/c1-3-18-13(12(15)9(2)17-18)14(20)16-8-10-5-4-6-11(19)7-10/h10-11,19H,3-8,15H2,1-2H3,(H,16,20). The molecule has 1 saturated carbocycles. The molecule has 0 radical (unpaired) electrons. The molecule has 20 heavy (non-hydrogen) atoms. The molecule has 0 aromatic carbocycles. The van der Waals surface area contributed by atoms with Crippen LogP contribution in [0.2, 0.25) is 0 Å². The van der Waals surface area contributed by atoms with Gasteiger partial charge in [0.2, 0.25) is 0 Å². The van der Waals surface area contributed by atoms with E-state index in [4.69, 9.17) is 5.73 Å². The number of amides is 1. The van der Waals surface area contributed by atoms with Crippen LogP contribution in [-0.2, 0) is 6.54 Å². The summed E-state index contributed by atoms with van der Waals surface area (Å²) in [6.45, 7) is 4.93. The number of hydrogen-bond acceptors (Lipinski definition) is 4. The maximum atomic E-state index is 12.3. The molecule has 4 N–H and O–H groups in total. The average molecular weight is 280 g/mol. The van der Waals surface area contributed by atoms with Gasteiger partial charge in [-0.3, -0.25) is 9.48 Å². The third kappa shape index (κ3) is 3.12. The fourth-order valence-electron chi connectivity index (χ4n) is 2.83. The predicted molar refractivity (Wildman–Crippen MR) is 77.3 cm³/mol. The molecule has 0 saturated heterocycles. The third-order valence-electron chi connectivity index (χ3n) is 3.99. The average Bonchev–Trinajstić information content (AvgIpc) is 2.72. The van der Waals surface area contributed by atoms with Gasteiger partial charge in [0.1, 0.15) is 5.69 Å². The van der Waals surface area contributed by atoms with Crippen LogP contribution in [-0.4, -0.2) is 33.4 Å². The SMILES string of the molecule is CCn1nc(C)c(N)c1C(=O)NCC1CCCC(O)C1. The monoisotopic (exact) mass is 280 g/mol. The summed E-state index contributed by atoms with van der Waals surface area (Å²) >= 11 is 0. The third-order valence-corrected chi connectivity index (χ3v) is 3.99. The van der Waals surface area contributed by atoms with Crippen LogP contribution < -0.4 is 11.1 Å². The number of aromatic nitrogens is 2. The van der Waals surface area contributed by atoms with E-state index in [0.717, 1.165) is 25.7 Å². The molecule has 0 aliphatic heterocycles. The van der Waals surface area contributed by atoms with Crippen LogP contribution in [0.25, 0.3) is 0 Å². The Kier molecular flexibility index (Phi) is 4.65. The molecular weight excluding hydrogens is 256 g/mol. The molecule has 2 rings (SSSR count). The van der Waals surface area contributed by atoms with Gasteiger partial charge in [0.25, 0.3) is 5.91 Å². The molecule has 6 nitrogen and oxygen atoms in total. The molecular formula is C14H24N4O2. The zero-order valence-electron chi connectivity index (χ0n) is 12.2. The number of hydrogen-bond donors (Lipinski definition) is 3. The summed E-state index contributed by atoms with van der Waals surface area (Å²) in [5.74, 6) is 0.174. The Hall–Kier alpha value is -1.56. The largest absolute Gasteiger partial charge is 0.395 e. The van der Waals surface area contributed by atoms with Gasteiger partial charge in [-0.2, -0.15) is 5.10 Å². The van der Waals surface area contributed by atoms with E-state index in [2.05, 4.69) is 10.4 Å². The highest BCUT2D eigenvalue weighted by Gasteiger charge is 2.23. The summed E-state index contributed by atoms with van der Waals surface area (Å²) in [4.78, 5) is 12.3. The van der Waals surface area contributed by atoms with Crippen LogP contribution in [0.3, 0.4) is 0 Å². The van der Waals surface area contributed by atoms with Crippen LogP contribution in [0.4, 0.5) is 5.69 Å². The number of nitrogens with two attached hydrogens (primary N) is 1. The lowest BCUT2D eigenvalue weighted by atomic mass is 9.87. The second kappa shape index (κ2) is 6.26. The van der Waals surface area contributed by atoms with E-state index in [1.54, 1.807) is 11.6 Å². The van der Waals surface area contributed by atoms with Gasteiger partial charge in [-0.25, -0.2) is 0 Å². The van der Waals surface area contributed by atoms with Crippen molar-refractivity contribution in [3.63, 3.8) is 0 Å². The van der Waals surface area contributed by atoms with Crippen LogP contribution in [0.5, 0.6) is 0 Å². The molecule has 112 valence electrons. The molecule has 0 bridgehead atoms. The lowest BCUT2D eigenvalue weighted by Gasteiger charge is -2.25. The molecule has 1 aromatic rings. The fourth-order valence-corrected chi connectivity index (χ4v) is 2.83. The minimum absolute atomic E-state index is 0.176. The predicted octanol–water partition coefficient (Wildman–Crippen LogP) is 1.07. The van der Waals surface area contributed by atoms with E-state index in [1.807, 2.05) is 6.92 Å². The molecule has 2 unspecified atom stereocenters. The zero-order chi connectivity index (χ0) is 14.7. The molecule has 0 spiro atoms. The van der Waals surface area contributed by atoms with E-state index in [-0.39, 0.29) is 12.0 Å². The number of nitrogens with one attached hydrogen (secondary N) is 1. The molecule has 2 atom stereocenters. The van der Waals surface area contributed by atoms with Gasteiger partial charge in [0.15, 0.2) is 0 Å². The van der Waals surface area contributed by atoms with E-state index >= 15 is 0 Å². The second-order valence-electron chi connectivity index (χ2n) is 5.56. The van der Waals surface area contributed by atoms with Crippen molar-refractivity contribution in [1.82, 2.24) is 15.1 Å². The first kappa shape index (κ1) is 14.8. The normalized spacial score (nSPS) is 22.8. The van der Waals surface area contributed by atoms with Crippen molar-refractivity contribution in [2.24, 2.45) is 5.92 Å². The maximum Gasteiger partial charge on any atom is 0.271 e. The fraction of sp³-hybridized carbons (Fsp3) is 0.714. The highest BCUT2D eigenvalue weighted by molar-refractivity contribution is 5.97. The van der Waals surface area contributed by atoms with Crippen LogP contribution in [0, 0.1) is 12.8 Å². The van der Waals surface area contributed by atoms with Crippen molar-refractivity contribution in [2.45, 2.75) is 52.2 Å². The first-order valence-corrected chi connectivity index (χ1v) is 7.32. The van der Waals surface area contributed by atoms with E-state index in [9.17, 15) is 9.90 Å². The van der Waals surface area contributed by atoms with Gasteiger partial charge in [0.05, 0.1) is 17.5 Å². The number of aryl methyl sites for hydroxylation is 2. The van der Waals surface area contributed by atoms with Gasteiger partial charge < -0.3 is 16.2 Å². The lowest BCUT2D eigenvalue weighted by Crippen LogP contribution is -2.34. The van der Waals surface area contributed by atoms with Gasteiger partial charge in [-0.15, -0.1) is 0 Å². The Bertz CT molecular complexity index is 484. The summed E-state index contributed by atoms with van der Waals surface area (Å²) in [6, 6.07) is 0. The van der Waals surface area contributed by atoms with E-state index in [1.165, 1.54) is 0 Å². The smallest absolute Gasteiger partial charge is 0.271 e. The number of carbonyl (C=O) groups is 1. The van der Waals surface area contributed by atoms with Gasteiger partial charge in [0, 0.05) is 13.1 Å². The van der Waals surface area contributed by atoms with Crippen molar-refractivity contribution >= 4 is 11.6 Å². The Morgan fingerprint density at radius 1 is 1.55 bits per heavy atom. The number of carbonyl (C=O) groups excluding carboxylic acids is 1. The molecule has 1 fully saturated rings. The molecule has 1 amide bonds. The van der Waals surface area contributed by atoms with Crippen molar-refractivity contribution in [2.75, 3.05) is 12.3 Å². The van der Waals surface area contributed by atoms with E-state index < -0.39 is 0 Å². The Labute approximate surface area is 119 Å². The minimum Gasteiger partial charge on any atom is -0.395 e. The highest BCUT2D eigenvalue weighted by Crippen LogP contribution is 2.24. The molecule has 1 heterocycles. The van der Waals surface area contributed by atoms with Crippen molar-refractivity contribution in [3.8, 4) is 0 Å². The minimum atomic E-state index is -0.223. The quantitative estimate of drug-likeness (QED) is 0.769. The summed E-state index contributed by atoms with van der Waals surface area (Å²) in [7, 11) is 0. The number of anilines is 1. The lowest BCUT2D eigenvalue weighted by molar-refractivity contribution is 0.0867. The second-order valence-corrected chi connectivity index (χ2v) is 5.56. The highest BCUT2D eigenvalue weighted by atomic mass is 16.3. The Morgan fingerprint density at radius 2 is 2.30 bits per heavy atom. The molecule has 1 aromatic heterocycles. The van der Waals surface area contributed by atoms with Crippen LogP contribution in [0.1, 0.15) is 48.8 Å². The number of nitrogens with zero attached hydrogens (tertiary/aromatic N) is 2. The summed E-state index contributed by atoms with van der Waals surface area (Å²) in [5.41, 5.74) is 7.51. The Balaban J connectivity index is 1.98. The van der Waals surface area contributed by atoms with Crippen LogP contribution >= 0.6 is 0 Å². The number of aliphatic hydroxyl groups is 1. The molecule has 1 aliphatic rings. The first-order valence-electron chi connectivity index (χ1n) is 7.32. The van der Waals surface area contributed by atoms with Crippen molar-refractivity contribution in [1.29, 1.82) is 0 Å². The van der Waals surface area contributed by atoms with E-state index in [0.29, 0.717) is 36.1 Å². The topological polar surface area (TPSA) is 93.2 Å². The Morgan fingerprint density at radius 3 is 2.95 bits per heavy atom. The summed E-state index contributed by atoms with van der Waals surface area (Å²) < 4.78 is 1.63. The van der Waals surface area contributed by atoms with Crippen LogP contribution in [0.15, 0.2) is 0 Å². The molecule has 6 heteroatoms. The number of nitrogen functional groups attached to an aromatic ring is 1. The number of rotatable bonds is 4. The number of aliphatic hydroxyl groups excluding tert-OH is 1.